The van der Waals surface area contributed by atoms with Gasteiger partial charge in [0.25, 0.3) is 0 Å². The lowest BCUT2D eigenvalue weighted by Gasteiger charge is -2.33. The van der Waals surface area contributed by atoms with Gasteiger partial charge < -0.3 is 9.13 Å². The van der Waals surface area contributed by atoms with E-state index < -0.39 is 0 Å². The monoisotopic (exact) mass is 794 g/mol. The van der Waals surface area contributed by atoms with E-state index in [2.05, 4.69) is 211 Å². The van der Waals surface area contributed by atoms with Crippen LogP contribution in [0.25, 0.3) is 94.3 Å². The molecule has 62 heavy (non-hydrogen) atoms. The van der Waals surface area contributed by atoms with Crippen LogP contribution in [0.1, 0.15) is 59.7 Å². The zero-order valence-corrected chi connectivity index (χ0v) is 34.6. The highest BCUT2D eigenvalue weighted by Gasteiger charge is 2.35. The molecule has 0 spiro atoms. The maximum atomic E-state index is 5.17. The normalized spacial score (nSPS) is 16.9. The van der Waals surface area contributed by atoms with Crippen LogP contribution in [0.15, 0.2) is 182 Å². The number of nitrogens with zero attached hydrogens (tertiary/aromatic N) is 4. The van der Waals surface area contributed by atoms with Gasteiger partial charge in [-0.05, 0) is 125 Å². The Hall–Kier alpha value is -7.56. The van der Waals surface area contributed by atoms with Crippen molar-refractivity contribution >= 4 is 60.6 Å². The summed E-state index contributed by atoms with van der Waals surface area (Å²) in [6.07, 6.45) is 5.65. The fourth-order valence-electron chi connectivity index (χ4n) is 10.9. The number of allylic oxidation sites excluding steroid dienone is 1. The number of hydrogen-bond donors (Lipinski definition) is 0. The first-order chi connectivity index (χ1) is 30.6. The highest BCUT2D eigenvalue weighted by molar-refractivity contribution is 6.12. The Bertz CT molecular complexity index is 3650. The van der Waals surface area contributed by atoms with Gasteiger partial charge in [-0.2, -0.15) is 0 Å². The number of rotatable bonds is 4. The smallest absolute Gasteiger partial charge is 0.0709 e. The average molecular weight is 795 g/mol. The van der Waals surface area contributed by atoms with E-state index in [-0.39, 0.29) is 17.8 Å². The number of para-hydroxylation sites is 4. The minimum atomic E-state index is 0.195. The van der Waals surface area contributed by atoms with Crippen molar-refractivity contribution in [1.82, 2.24) is 19.1 Å². The summed E-state index contributed by atoms with van der Waals surface area (Å²) >= 11 is 0. The second-order valence-corrected chi connectivity index (χ2v) is 17.4. The Morgan fingerprint density at radius 1 is 0.516 bits per heavy atom. The largest absolute Gasteiger partial charge is 0.309 e. The molecule has 4 aromatic heterocycles. The number of fused-ring (bicyclic) bond motifs is 12. The van der Waals surface area contributed by atoms with E-state index >= 15 is 0 Å². The summed E-state index contributed by atoms with van der Waals surface area (Å²) in [5.41, 5.74) is 19.6. The van der Waals surface area contributed by atoms with Crippen LogP contribution in [0.4, 0.5) is 0 Å². The predicted molar refractivity (Wildman–Crippen MR) is 258 cm³/mol. The molecular weight excluding hydrogens is 753 g/mol. The second-order valence-electron chi connectivity index (χ2n) is 17.4. The van der Waals surface area contributed by atoms with Gasteiger partial charge in [-0.25, -0.2) is 4.98 Å². The van der Waals surface area contributed by atoms with Crippen molar-refractivity contribution in [3.05, 3.63) is 210 Å². The lowest BCUT2D eigenvalue weighted by Crippen LogP contribution is -2.15. The summed E-state index contributed by atoms with van der Waals surface area (Å²) in [4.78, 5) is 10.3. The third-order valence-electron chi connectivity index (χ3n) is 14.1. The van der Waals surface area contributed by atoms with Crippen molar-refractivity contribution in [2.45, 2.75) is 38.0 Å². The third-order valence-corrected chi connectivity index (χ3v) is 14.1. The van der Waals surface area contributed by atoms with Gasteiger partial charge >= 0.3 is 0 Å². The molecule has 0 N–H and O–H groups in total. The molecule has 0 aliphatic heterocycles. The van der Waals surface area contributed by atoms with Gasteiger partial charge in [-0.15, -0.1) is 0 Å². The molecule has 7 aromatic carbocycles. The van der Waals surface area contributed by atoms with Crippen molar-refractivity contribution in [2.24, 2.45) is 0 Å². The average Bonchev–Trinajstić information content (AvgIpc) is 3.84. The van der Waals surface area contributed by atoms with Crippen LogP contribution in [-0.2, 0) is 6.42 Å². The van der Waals surface area contributed by atoms with Gasteiger partial charge in [0, 0.05) is 61.2 Å². The quantitative estimate of drug-likeness (QED) is 0.178. The summed E-state index contributed by atoms with van der Waals surface area (Å²) < 4.78 is 5.01. The SMILES string of the molecule is CC1c2cc3c4cc(-c5ccc6ccccc6n5)ccc4n(-c4ccccc4)c3cc2-c2ccc3c4c(n(-c5ccccc5)c3c2C1C)C=CC(c1ccc2ccccc2n1)C4. The predicted octanol–water partition coefficient (Wildman–Crippen LogP) is 14.7. The Morgan fingerprint density at radius 2 is 1.19 bits per heavy atom. The first kappa shape index (κ1) is 35.2. The zero-order chi connectivity index (χ0) is 41.1. The van der Waals surface area contributed by atoms with Crippen LogP contribution in [0.2, 0.25) is 0 Å². The number of aromatic nitrogens is 4. The number of hydrogen-bond acceptors (Lipinski definition) is 2. The Balaban J connectivity index is 1.03. The number of pyridine rings is 2. The Morgan fingerprint density at radius 3 is 1.97 bits per heavy atom. The van der Waals surface area contributed by atoms with Crippen molar-refractivity contribution in [3.63, 3.8) is 0 Å². The molecule has 2 aliphatic carbocycles. The standard InChI is InChI=1S/C58H42N4/c1-35-36(2)57-43(25-26-44-47-31-39(52-27-21-37-13-9-11-19-50(37)59-52)24-30-55(47)62(58(44)57)42-17-7-4-8-18-42)46-34-56-49(33-45(35)46)48-32-40(53-28-22-38-14-10-12-20-51(38)60-53)23-29-54(48)61(56)41-15-5-3-6-16-41/h3-30,32-36,39H,31H2,1-2H3. The van der Waals surface area contributed by atoms with Crippen LogP contribution >= 0.6 is 0 Å². The Kier molecular flexibility index (Phi) is 7.65. The minimum absolute atomic E-state index is 0.195. The molecule has 0 fully saturated rings. The molecule has 11 aromatic rings. The molecule has 3 unspecified atom stereocenters. The van der Waals surface area contributed by atoms with Crippen molar-refractivity contribution in [1.29, 1.82) is 0 Å². The molecule has 0 radical (unpaired) electrons. The molecule has 0 saturated carbocycles. The van der Waals surface area contributed by atoms with Crippen molar-refractivity contribution in [3.8, 4) is 33.8 Å². The van der Waals surface area contributed by atoms with Crippen molar-refractivity contribution < 1.29 is 0 Å². The van der Waals surface area contributed by atoms with Gasteiger partial charge in [0.2, 0.25) is 0 Å². The van der Waals surface area contributed by atoms with Crippen LogP contribution in [0.5, 0.6) is 0 Å². The van der Waals surface area contributed by atoms with E-state index in [1.54, 1.807) is 0 Å². The molecule has 2 aliphatic rings. The lowest BCUT2D eigenvalue weighted by atomic mass is 9.72. The Labute approximate surface area is 360 Å². The highest BCUT2D eigenvalue weighted by Crippen LogP contribution is 2.53. The zero-order valence-electron chi connectivity index (χ0n) is 34.6. The first-order valence-corrected chi connectivity index (χ1v) is 21.9. The summed E-state index contributed by atoms with van der Waals surface area (Å²) in [5, 5.41) is 6.19. The second kappa shape index (κ2) is 13.5. The van der Waals surface area contributed by atoms with E-state index in [1.165, 1.54) is 77.3 Å². The summed E-state index contributed by atoms with van der Waals surface area (Å²) in [5.74, 6) is 0.759. The molecule has 3 atom stereocenters. The maximum absolute atomic E-state index is 5.17. The topological polar surface area (TPSA) is 35.6 Å². The van der Waals surface area contributed by atoms with Crippen LogP contribution in [0.3, 0.4) is 0 Å². The summed E-state index contributed by atoms with van der Waals surface area (Å²) in [7, 11) is 0. The number of benzene rings is 7. The van der Waals surface area contributed by atoms with Gasteiger partial charge in [0.05, 0.1) is 33.3 Å². The first-order valence-electron chi connectivity index (χ1n) is 21.9. The molecule has 4 heterocycles. The minimum Gasteiger partial charge on any atom is -0.309 e. The van der Waals surface area contributed by atoms with Gasteiger partial charge in [0.15, 0.2) is 0 Å². The molecule has 4 nitrogen and oxygen atoms in total. The molecule has 0 saturated heterocycles. The fraction of sp³-hybridized carbons (Fsp3) is 0.103. The highest BCUT2D eigenvalue weighted by atomic mass is 15.0. The molecule has 13 rings (SSSR count). The van der Waals surface area contributed by atoms with Gasteiger partial charge in [-0.3, -0.25) is 4.98 Å². The third kappa shape index (κ3) is 5.19. The van der Waals surface area contributed by atoms with E-state index in [1.807, 2.05) is 0 Å². The van der Waals surface area contributed by atoms with E-state index in [0.29, 0.717) is 0 Å². The van der Waals surface area contributed by atoms with Gasteiger partial charge in [0.1, 0.15) is 0 Å². The lowest BCUT2D eigenvalue weighted by molar-refractivity contribution is 0.619. The summed E-state index contributed by atoms with van der Waals surface area (Å²) in [6.45, 7) is 4.89. The molecule has 294 valence electrons. The maximum Gasteiger partial charge on any atom is 0.0709 e. The van der Waals surface area contributed by atoms with Crippen molar-refractivity contribution in [2.75, 3.05) is 0 Å². The van der Waals surface area contributed by atoms with Gasteiger partial charge in [-0.1, -0.05) is 123 Å². The van der Waals surface area contributed by atoms with E-state index in [4.69, 9.17) is 9.97 Å². The van der Waals surface area contributed by atoms with Crippen LogP contribution in [-0.4, -0.2) is 19.1 Å². The van der Waals surface area contributed by atoms with Crippen LogP contribution < -0.4 is 0 Å². The summed E-state index contributed by atoms with van der Waals surface area (Å²) in [6, 6.07) is 64.2. The molecule has 0 amide bonds. The van der Waals surface area contributed by atoms with Crippen LogP contribution in [0, 0.1) is 0 Å². The molecule has 4 heteroatoms. The van der Waals surface area contributed by atoms with E-state index in [0.717, 1.165) is 45.5 Å². The fourth-order valence-corrected chi connectivity index (χ4v) is 10.9. The molecular formula is C58H42N4. The van der Waals surface area contributed by atoms with E-state index in [9.17, 15) is 0 Å². The molecule has 0 bridgehead atoms.